The molecule has 0 saturated heterocycles. The molecular formula is C16H9BrFN3. The van der Waals surface area contributed by atoms with Crippen LogP contribution in [-0.2, 0) is 0 Å². The third kappa shape index (κ3) is 2.01. The number of pyridine rings is 1. The molecule has 2 aromatic carbocycles. The Morgan fingerprint density at radius 3 is 2.81 bits per heavy atom. The average molecular weight is 342 g/mol. The zero-order valence-corrected chi connectivity index (χ0v) is 12.4. The predicted molar refractivity (Wildman–Crippen MR) is 84.5 cm³/mol. The zero-order valence-electron chi connectivity index (χ0n) is 10.8. The third-order valence-electron chi connectivity index (χ3n) is 3.41. The highest BCUT2D eigenvalue weighted by Gasteiger charge is 2.12. The van der Waals surface area contributed by atoms with Gasteiger partial charge in [-0.3, -0.25) is 4.98 Å². The maximum Gasteiger partial charge on any atom is 0.141 e. The molecule has 2 aromatic heterocycles. The highest BCUT2D eigenvalue weighted by Crippen LogP contribution is 2.28. The Morgan fingerprint density at radius 1 is 1.10 bits per heavy atom. The fourth-order valence-electron chi connectivity index (χ4n) is 2.41. The van der Waals surface area contributed by atoms with Crippen molar-refractivity contribution in [2.45, 2.75) is 0 Å². The Kier molecular flexibility index (Phi) is 2.75. The molecule has 3 nitrogen and oxygen atoms in total. The van der Waals surface area contributed by atoms with Crippen LogP contribution in [0.5, 0.6) is 0 Å². The molecule has 0 bridgehead atoms. The molecule has 0 atom stereocenters. The van der Waals surface area contributed by atoms with Gasteiger partial charge in [0, 0.05) is 9.86 Å². The molecule has 0 aliphatic carbocycles. The summed E-state index contributed by atoms with van der Waals surface area (Å²) in [4.78, 5) is 12.1. The molecule has 1 N–H and O–H groups in total. The predicted octanol–water partition coefficient (Wildman–Crippen LogP) is 4.68. The number of aromatic amines is 1. The fourth-order valence-corrected chi connectivity index (χ4v) is 2.76. The summed E-state index contributed by atoms with van der Waals surface area (Å²) >= 11 is 3.43. The standard InChI is InChI=1S/C16H9BrFN3/c17-9-5-6-11-13(7-9)19-8-14-15(11)21-16(20-14)10-3-1-2-4-12(10)18/h1-8H,(H,20,21). The quantitative estimate of drug-likeness (QED) is 0.546. The lowest BCUT2D eigenvalue weighted by Gasteiger charge is -1.98. The van der Waals surface area contributed by atoms with Crippen LogP contribution in [0.25, 0.3) is 33.3 Å². The monoisotopic (exact) mass is 341 g/mol. The van der Waals surface area contributed by atoms with Crippen molar-refractivity contribution in [2.24, 2.45) is 0 Å². The fraction of sp³-hybridized carbons (Fsp3) is 0. The number of benzene rings is 2. The molecule has 0 aliphatic heterocycles. The van der Waals surface area contributed by atoms with Crippen molar-refractivity contribution >= 4 is 37.9 Å². The molecule has 102 valence electrons. The second kappa shape index (κ2) is 4.63. The largest absolute Gasteiger partial charge is 0.337 e. The number of imidazole rings is 1. The van der Waals surface area contributed by atoms with Crippen molar-refractivity contribution < 1.29 is 4.39 Å². The molecule has 0 fully saturated rings. The summed E-state index contributed by atoms with van der Waals surface area (Å²) in [7, 11) is 0. The molecule has 4 rings (SSSR count). The lowest BCUT2D eigenvalue weighted by Crippen LogP contribution is -1.84. The van der Waals surface area contributed by atoms with Gasteiger partial charge in [-0.25, -0.2) is 9.37 Å². The van der Waals surface area contributed by atoms with Gasteiger partial charge in [0.25, 0.3) is 0 Å². The summed E-state index contributed by atoms with van der Waals surface area (Å²) in [5.41, 5.74) is 2.90. The van der Waals surface area contributed by atoms with E-state index < -0.39 is 0 Å². The first-order chi connectivity index (χ1) is 10.2. The van der Waals surface area contributed by atoms with E-state index in [1.807, 2.05) is 18.2 Å². The Labute approximate surface area is 128 Å². The number of aromatic nitrogens is 3. The maximum absolute atomic E-state index is 13.9. The van der Waals surface area contributed by atoms with E-state index in [-0.39, 0.29) is 5.82 Å². The van der Waals surface area contributed by atoms with Gasteiger partial charge in [-0.05, 0) is 30.3 Å². The zero-order chi connectivity index (χ0) is 14.4. The molecule has 4 aromatic rings. The van der Waals surface area contributed by atoms with Gasteiger partial charge in [-0.1, -0.05) is 28.1 Å². The molecule has 0 aliphatic rings. The third-order valence-corrected chi connectivity index (χ3v) is 3.90. The summed E-state index contributed by atoms with van der Waals surface area (Å²) in [5.74, 6) is 0.219. The van der Waals surface area contributed by atoms with E-state index in [1.165, 1.54) is 6.07 Å². The first-order valence-electron chi connectivity index (χ1n) is 6.41. The van der Waals surface area contributed by atoms with E-state index >= 15 is 0 Å². The minimum atomic E-state index is -0.295. The van der Waals surface area contributed by atoms with Crippen LogP contribution in [0.3, 0.4) is 0 Å². The van der Waals surface area contributed by atoms with Crippen LogP contribution in [0.2, 0.25) is 0 Å². The summed E-state index contributed by atoms with van der Waals surface area (Å²) in [6, 6.07) is 12.4. The Morgan fingerprint density at radius 2 is 1.95 bits per heavy atom. The summed E-state index contributed by atoms with van der Waals surface area (Å²) in [6.45, 7) is 0. The van der Waals surface area contributed by atoms with Crippen molar-refractivity contribution in [2.75, 3.05) is 0 Å². The molecule has 5 heteroatoms. The topological polar surface area (TPSA) is 41.6 Å². The molecule has 0 spiro atoms. The molecule has 0 saturated carbocycles. The smallest absolute Gasteiger partial charge is 0.141 e. The number of hydrogen-bond donors (Lipinski definition) is 1. The van der Waals surface area contributed by atoms with Gasteiger partial charge in [0.2, 0.25) is 0 Å². The van der Waals surface area contributed by atoms with E-state index in [2.05, 4.69) is 30.9 Å². The number of nitrogens with one attached hydrogen (secondary N) is 1. The van der Waals surface area contributed by atoms with Crippen LogP contribution in [-0.4, -0.2) is 15.0 Å². The maximum atomic E-state index is 13.9. The second-order valence-corrected chi connectivity index (χ2v) is 5.66. The van der Waals surface area contributed by atoms with Gasteiger partial charge < -0.3 is 4.98 Å². The van der Waals surface area contributed by atoms with Crippen molar-refractivity contribution in [3.63, 3.8) is 0 Å². The highest BCUT2D eigenvalue weighted by atomic mass is 79.9. The average Bonchev–Trinajstić information content (AvgIpc) is 2.91. The van der Waals surface area contributed by atoms with E-state index in [0.717, 1.165) is 26.4 Å². The molecule has 0 radical (unpaired) electrons. The molecular weight excluding hydrogens is 333 g/mol. The lowest BCUT2D eigenvalue weighted by atomic mass is 10.2. The summed E-state index contributed by atoms with van der Waals surface area (Å²) < 4.78 is 14.9. The number of halogens is 2. The first kappa shape index (κ1) is 12.5. The second-order valence-electron chi connectivity index (χ2n) is 4.75. The van der Waals surface area contributed by atoms with Crippen LogP contribution in [0.15, 0.2) is 53.1 Å². The molecule has 0 unspecified atom stereocenters. The molecule has 0 amide bonds. The Hall–Kier alpha value is -2.27. The van der Waals surface area contributed by atoms with E-state index in [4.69, 9.17) is 0 Å². The number of hydrogen-bond acceptors (Lipinski definition) is 2. The minimum Gasteiger partial charge on any atom is -0.337 e. The summed E-state index contributed by atoms with van der Waals surface area (Å²) in [5, 5.41) is 0.939. The normalized spacial score (nSPS) is 11.3. The highest BCUT2D eigenvalue weighted by molar-refractivity contribution is 9.10. The number of rotatable bonds is 1. The lowest BCUT2D eigenvalue weighted by molar-refractivity contribution is 0.630. The van der Waals surface area contributed by atoms with E-state index in [9.17, 15) is 4.39 Å². The van der Waals surface area contributed by atoms with Crippen molar-refractivity contribution in [1.29, 1.82) is 0 Å². The van der Waals surface area contributed by atoms with Gasteiger partial charge in [0.15, 0.2) is 0 Å². The van der Waals surface area contributed by atoms with Crippen molar-refractivity contribution in [3.8, 4) is 11.4 Å². The van der Waals surface area contributed by atoms with Crippen LogP contribution < -0.4 is 0 Å². The van der Waals surface area contributed by atoms with Crippen molar-refractivity contribution in [1.82, 2.24) is 15.0 Å². The van der Waals surface area contributed by atoms with Crippen LogP contribution in [0.1, 0.15) is 0 Å². The van der Waals surface area contributed by atoms with E-state index in [1.54, 1.807) is 24.4 Å². The van der Waals surface area contributed by atoms with Crippen molar-refractivity contribution in [3.05, 3.63) is 59.0 Å². The van der Waals surface area contributed by atoms with Crippen LogP contribution in [0.4, 0.5) is 4.39 Å². The number of H-pyrrole nitrogens is 1. The van der Waals surface area contributed by atoms with Gasteiger partial charge in [0.1, 0.15) is 11.6 Å². The number of nitrogens with zero attached hydrogens (tertiary/aromatic N) is 2. The van der Waals surface area contributed by atoms with E-state index in [0.29, 0.717) is 11.4 Å². The van der Waals surface area contributed by atoms with Crippen LogP contribution >= 0.6 is 15.9 Å². The van der Waals surface area contributed by atoms with Gasteiger partial charge in [-0.2, -0.15) is 0 Å². The van der Waals surface area contributed by atoms with Crippen LogP contribution in [0, 0.1) is 5.82 Å². The SMILES string of the molecule is Fc1ccccc1-c1nc2c(cnc3cc(Br)ccc32)[nH]1. The minimum absolute atomic E-state index is 0.295. The number of fused-ring (bicyclic) bond motifs is 3. The molecule has 21 heavy (non-hydrogen) atoms. The van der Waals surface area contributed by atoms with Gasteiger partial charge >= 0.3 is 0 Å². The summed E-state index contributed by atoms with van der Waals surface area (Å²) in [6.07, 6.45) is 1.72. The van der Waals surface area contributed by atoms with Gasteiger partial charge in [-0.15, -0.1) is 0 Å². The first-order valence-corrected chi connectivity index (χ1v) is 7.20. The Bertz CT molecular complexity index is 978. The van der Waals surface area contributed by atoms with Gasteiger partial charge in [0.05, 0.1) is 28.3 Å². The Balaban J connectivity index is 2.02. The molecule has 2 heterocycles.